The Morgan fingerprint density at radius 2 is 1.62 bits per heavy atom. The number of fused-ring (bicyclic) bond motifs is 3. The first-order valence-electron chi connectivity index (χ1n) is 12.7. The molecular formula is C34H26IrN4O. The van der Waals surface area contributed by atoms with Crippen molar-refractivity contribution in [1.82, 2.24) is 9.97 Å². The molecule has 0 atom stereocenters. The molecule has 4 heterocycles. The largest absolute Gasteiger partial charge is 0.499 e. The van der Waals surface area contributed by atoms with Crippen molar-refractivity contribution in [3.63, 3.8) is 0 Å². The molecule has 0 N–H and O–H groups in total. The van der Waals surface area contributed by atoms with Crippen molar-refractivity contribution in [2.45, 2.75) is 20.8 Å². The summed E-state index contributed by atoms with van der Waals surface area (Å²) < 4.78 is 9.64. The second-order valence-corrected chi connectivity index (χ2v) is 9.45. The van der Waals surface area contributed by atoms with Crippen molar-refractivity contribution in [2.24, 2.45) is 0 Å². The summed E-state index contributed by atoms with van der Waals surface area (Å²) in [5.74, 6) is 0. The molecule has 1 aliphatic rings. The molecule has 197 valence electrons. The molecule has 0 unspecified atom stereocenters. The van der Waals surface area contributed by atoms with Gasteiger partial charge in [0.25, 0.3) is 12.4 Å². The zero-order valence-corrected chi connectivity index (χ0v) is 24.7. The number of pyridine rings is 2. The molecule has 1 radical (unpaired) electrons. The van der Waals surface area contributed by atoms with Gasteiger partial charge in [-0.3, -0.25) is 0 Å². The zero-order chi connectivity index (χ0) is 26.8. The molecule has 5 nitrogen and oxygen atoms in total. The maximum atomic E-state index is 5.81. The average molecular weight is 699 g/mol. The van der Waals surface area contributed by atoms with Gasteiger partial charge in [-0.2, -0.15) is 6.07 Å². The van der Waals surface area contributed by atoms with Gasteiger partial charge in [0.05, 0.1) is 0 Å². The smallest absolute Gasteiger partial charge is 0.465 e. The number of aromatic nitrogens is 2. The number of furan rings is 1. The molecule has 1 aliphatic heterocycles. The molecule has 6 heteroatoms. The van der Waals surface area contributed by atoms with Gasteiger partial charge in [0.2, 0.25) is 11.4 Å². The van der Waals surface area contributed by atoms with Crippen molar-refractivity contribution >= 4 is 39.5 Å². The second kappa shape index (κ2) is 11.7. The standard InChI is InChI=1S/C20H12N3O.C14H14N.Ir/c1-2-5-15(6-3-1)22-11-12-23(14-22)16-8-9-17-18-7-4-10-21-20(18)24-19(17)13-16;1-10-4-6-13(7-5-10)14-8-11(2)12(3)9-15-14;/h1-12H;4-6,8-9H,1-3H3;/q+1;-1;. The van der Waals surface area contributed by atoms with E-state index in [0.717, 1.165) is 33.4 Å². The molecule has 0 bridgehead atoms. The van der Waals surface area contributed by atoms with Crippen molar-refractivity contribution < 1.29 is 33.7 Å². The molecule has 3 aromatic heterocycles. The normalized spacial score (nSPS) is 12.0. The molecule has 7 rings (SSSR count). The number of hydrogen-bond donors (Lipinski definition) is 0. The Labute approximate surface area is 246 Å². The first kappa shape index (κ1) is 27.1. The Balaban J connectivity index is 0.000000175. The Morgan fingerprint density at radius 1 is 0.800 bits per heavy atom. The molecule has 6 aromatic rings. The molecule has 0 saturated carbocycles. The Bertz CT molecular complexity index is 1920. The van der Waals surface area contributed by atoms with Crippen LogP contribution in [0, 0.1) is 32.9 Å². The van der Waals surface area contributed by atoms with Crippen LogP contribution in [0.5, 0.6) is 0 Å². The van der Waals surface area contributed by atoms with Crippen LogP contribution in [-0.4, -0.2) is 25.1 Å². The van der Waals surface area contributed by atoms with Crippen LogP contribution in [0.2, 0.25) is 0 Å². The van der Waals surface area contributed by atoms with E-state index in [1.54, 1.807) is 6.20 Å². The molecule has 0 amide bonds. The minimum absolute atomic E-state index is 0. The minimum Gasteiger partial charge on any atom is -0.465 e. The number of nitrogens with zero attached hydrogens (tertiary/aromatic N) is 4. The Morgan fingerprint density at radius 3 is 2.40 bits per heavy atom. The van der Waals surface area contributed by atoms with Crippen LogP contribution in [0.15, 0.2) is 108 Å². The minimum atomic E-state index is 0. The third-order valence-electron chi connectivity index (χ3n) is 6.65. The fraction of sp³-hybridized carbons (Fsp3) is 0.0882. The molecule has 0 aliphatic carbocycles. The summed E-state index contributed by atoms with van der Waals surface area (Å²) >= 11 is 0. The van der Waals surface area contributed by atoms with Crippen molar-refractivity contribution in [3.8, 4) is 11.3 Å². The Hall–Kier alpha value is -4.47. The van der Waals surface area contributed by atoms with Crippen LogP contribution in [0.25, 0.3) is 33.3 Å². The van der Waals surface area contributed by atoms with Gasteiger partial charge in [-0.1, -0.05) is 69.5 Å². The molecule has 3 aromatic carbocycles. The molecule has 0 saturated heterocycles. The summed E-state index contributed by atoms with van der Waals surface area (Å²) in [4.78, 5) is 8.67. The first-order valence-corrected chi connectivity index (χ1v) is 12.7. The van der Waals surface area contributed by atoms with Crippen LogP contribution in [0.3, 0.4) is 0 Å². The quantitative estimate of drug-likeness (QED) is 0.140. The maximum Gasteiger partial charge on any atom is 0.499 e. The van der Waals surface area contributed by atoms with Crippen LogP contribution in [0.4, 0.5) is 11.4 Å². The van der Waals surface area contributed by atoms with E-state index >= 15 is 0 Å². The number of aryl methyl sites for hydroxylation is 3. The van der Waals surface area contributed by atoms with Crippen LogP contribution >= 0.6 is 0 Å². The fourth-order valence-corrected chi connectivity index (χ4v) is 4.29. The van der Waals surface area contributed by atoms with E-state index in [-0.39, 0.29) is 20.1 Å². The second-order valence-electron chi connectivity index (χ2n) is 9.45. The number of benzene rings is 3. The van der Waals surface area contributed by atoms with Gasteiger partial charge < -0.3 is 9.40 Å². The van der Waals surface area contributed by atoms with E-state index < -0.39 is 0 Å². The van der Waals surface area contributed by atoms with E-state index in [0.29, 0.717) is 11.3 Å². The van der Waals surface area contributed by atoms with Crippen LogP contribution in [0.1, 0.15) is 16.7 Å². The van der Waals surface area contributed by atoms with Gasteiger partial charge in [0.1, 0.15) is 5.69 Å². The van der Waals surface area contributed by atoms with E-state index in [1.165, 1.54) is 16.7 Å². The summed E-state index contributed by atoms with van der Waals surface area (Å²) in [6.45, 7) is 6.24. The summed E-state index contributed by atoms with van der Waals surface area (Å²) in [7, 11) is 0. The van der Waals surface area contributed by atoms with Gasteiger partial charge in [-0.05, 0) is 36.6 Å². The SMILES string of the molecule is C1=[N+](c2[c-]c3oc4ncccc4c3cc2)C=C[N+]=1c1ccccc1.Cc1c[c-]c(-c2cc(C)c(C)cn2)cc1.[Ir]. The first-order chi connectivity index (χ1) is 19.0. The summed E-state index contributed by atoms with van der Waals surface area (Å²) in [6, 6.07) is 36.1. The predicted octanol–water partition coefficient (Wildman–Crippen LogP) is 7.90. The van der Waals surface area contributed by atoms with E-state index in [1.807, 2.05) is 88.4 Å². The summed E-state index contributed by atoms with van der Waals surface area (Å²) in [5.41, 5.74) is 9.05. The predicted molar refractivity (Wildman–Crippen MR) is 154 cm³/mol. The molecule has 0 spiro atoms. The van der Waals surface area contributed by atoms with Gasteiger partial charge in [0, 0.05) is 50.2 Å². The van der Waals surface area contributed by atoms with E-state index in [4.69, 9.17) is 4.42 Å². The summed E-state index contributed by atoms with van der Waals surface area (Å²) in [5, 5.41) is 2.02. The summed E-state index contributed by atoms with van der Waals surface area (Å²) in [6.07, 6.45) is 7.56. The zero-order valence-electron chi connectivity index (χ0n) is 22.3. The topological polar surface area (TPSA) is 44.9 Å². The van der Waals surface area contributed by atoms with Crippen molar-refractivity contribution in [1.29, 1.82) is 0 Å². The average Bonchev–Trinajstić information content (AvgIpc) is 3.61. The molecule has 0 fully saturated rings. The van der Waals surface area contributed by atoms with Crippen LogP contribution < -0.4 is 0 Å². The Kier molecular flexibility index (Phi) is 7.95. The van der Waals surface area contributed by atoms with Crippen LogP contribution in [-0.2, 0) is 20.1 Å². The van der Waals surface area contributed by atoms with E-state index in [2.05, 4.69) is 67.1 Å². The van der Waals surface area contributed by atoms with Gasteiger partial charge in [0.15, 0.2) is 0 Å². The van der Waals surface area contributed by atoms with E-state index in [9.17, 15) is 0 Å². The number of hydrogen-bond acceptors (Lipinski definition) is 3. The third kappa shape index (κ3) is 5.61. The van der Waals surface area contributed by atoms with Gasteiger partial charge in [-0.25, -0.2) is 4.98 Å². The maximum absolute atomic E-state index is 5.81. The van der Waals surface area contributed by atoms with Gasteiger partial charge in [-0.15, -0.1) is 35.4 Å². The molecular weight excluding hydrogens is 673 g/mol. The monoisotopic (exact) mass is 699 g/mol. The fourth-order valence-electron chi connectivity index (χ4n) is 4.29. The van der Waals surface area contributed by atoms with Crippen molar-refractivity contribution in [2.75, 3.05) is 0 Å². The third-order valence-corrected chi connectivity index (χ3v) is 6.65. The van der Waals surface area contributed by atoms with Crippen molar-refractivity contribution in [3.05, 3.63) is 132 Å². The van der Waals surface area contributed by atoms with Gasteiger partial charge >= 0.3 is 6.01 Å². The molecule has 40 heavy (non-hydrogen) atoms. The number of rotatable bonds is 3. The number of para-hydroxylation sites is 1.